The van der Waals surface area contributed by atoms with Gasteiger partial charge in [-0.25, -0.2) is 8.42 Å². The molecule has 0 spiro atoms. The Morgan fingerprint density at radius 3 is 2.15 bits per heavy atom. The van der Waals surface area contributed by atoms with Gasteiger partial charge in [-0.1, -0.05) is 36.4 Å². The summed E-state index contributed by atoms with van der Waals surface area (Å²) in [5.74, 6) is 1.13. The summed E-state index contributed by atoms with van der Waals surface area (Å²) in [4.78, 5) is 12.9. The van der Waals surface area contributed by atoms with Crippen molar-refractivity contribution < 1.29 is 27.4 Å². The van der Waals surface area contributed by atoms with Crippen molar-refractivity contribution in [1.29, 1.82) is 0 Å². The molecular formula is C25H28N2O6S. The number of amides is 1. The number of benzene rings is 3. The van der Waals surface area contributed by atoms with E-state index in [1.165, 1.54) is 19.2 Å². The first-order valence-corrected chi connectivity index (χ1v) is 12.0. The van der Waals surface area contributed by atoms with Crippen molar-refractivity contribution in [3.05, 3.63) is 78.4 Å². The molecule has 0 unspecified atom stereocenters. The lowest BCUT2D eigenvalue weighted by Gasteiger charge is -2.25. The Morgan fingerprint density at radius 2 is 1.47 bits per heavy atom. The number of rotatable bonds is 11. The summed E-state index contributed by atoms with van der Waals surface area (Å²) in [6.45, 7) is -0.0804. The van der Waals surface area contributed by atoms with Gasteiger partial charge in [0.2, 0.25) is 5.91 Å². The van der Waals surface area contributed by atoms with Gasteiger partial charge in [0.1, 0.15) is 12.3 Å². The molecule has 8 nitrogen and oxygen atoms in total. The summed E-state index contributed by atoms with van der Waals surface area (Å²) >= 11 is 0. The standard InChI is InChI=1S/C25H28N2O6S/c1-31-22-12-8-7-11-21(22)27(34(29,30)20-9-5-4-6-10-20)18-25(28)26-16-15-19-13-14-23(32-2)24(17-19)33-3/h4-14,17H,15-16,18H2,1-3H3,(H,26,28). The van der Waals surface area contributed by atoms with Gasteiger partial charge in [-0.2, -0.15) is 0 Å². The summed E-state index contributed by atoms with van der Waals surface area (Å²) in [5, 5.41) is 2.80. The summed E-state index contributed by atoms with van der Waals surface area (Å²) in [5.41, 5.74) is 1.22. The average Bonchev–Trinajstić information content (AvgIpc) is 2.87. The molecule has 3 rings (SSSR count). The van der Waals surface area contributed by atoms with Gasteiger partial charge in [0, 0.05) is 6.54 Å². The fourth-order valence-electron chi connectivity index (χ4n) is 3.42. The molecule has 3 aromatic carbocycles. The van der Waals surface area contributed by atoms with E-state index in [4.69, 9.17) is 14.2 Å². The molecule has 0 aliphatic carbocycles. The highest BCUT2D eigenvalue weighted by atomic mass is 32.2. The molecule has 0 saturated heterocycles. The van der Waals surface area contributed by atoms with Crippen molar-refractivity contribution in [2.75, 3.05) is 38.7 Å². The smallest absolute Gasteiger partial charge is 0.264 e. The number of para-hydroxylation sites is 2. The van der Waals surface area contributed by atoms with Gasteiger partial charge in [-0.05, 0) is 48.4 Å². The van der Waals surface area contributed by atoms with E-state index < -0.39 is 22.5 Å². The zero-order valence-corrected chi connectivity index (χ0v) is 20.2. The summed E-state index contributed by atoms with van der Waals surface area (Å²) in [6.07, 6.45) is 0.534. The second-order valence-corrected chi connectivity index (χ2v) is 9.15. The van der Waals surface area contributed by atoms with Crippen LogP contribution in [0.4, 0.5) is 5.69 Å². The van der Waals surface area contributed by atoms with E-state index in [1.54, 1.807) is 62.8 Å². The molecule has 0 aromatic heterocycles. The molecule has 0 aliphatic heterocycles. The number of ether oxygens (including phenoxy) is 3. The van der Waals surface area contributed by atoms with Crippen LogP contribution in [0.25, 0.3) is 0 Å². The number of nitrogens with one attached hydrogen (secondary N) is 1. The minimum atomic E-state index is -4.01. The molecule has 3 aromatic rings. The van der Waals surface area contributed by atoms with E-state index >= 15 is 0 Å². The summed E-state index contributed by atoms with van der Waals surface area (Å²) < 4.78 is 43.8. The normalized spacial score (nSPS) is 10.9. The van der Waals surface area contributed by atoms with E-state index in [9.17, 15) is 13.2 Å². The van der Waals surface area contributed by atoms with Gasteiger partial charge in [-0.3, -0.25) is 9.10 Å². The molecule has 0 bridgehead atoms. The fraction of sp³-hybridized carbons (Fsp3) is 0.240. The monoisotopic (exact) mass is 484 g/mol. The zero-order valence-electron chi connectivity index (χ0n) is 19.4. The quantitative estimate of drug-likeness (QED) is 0.449. The van der Waals surface area contributed by atoms with Crippen molar-refractivity contribution in [2.24, 2.45) is 0 Å². The maximum atomic E-state index is 13.4. The molecular weight excluding hydrogens is 456 g/mol. The second-order valence-electron chi connectivity index (χ2n) is 7.29. The SMILES string of the molecule is COc1ccc(CCNC(=O)CN(c2ccccc2OC)S(=O)(=O)c2ccccc2)cc1OC. The van der Waals surface area contributed by atoms with Crippen molar-refractivity contribution >= 4 is 21.6 Å². The van der Waals surface area contributed by atoms with Gasteiger partial charge in [0.05, 0.1) is 31.9 Å². The number of hydrogen-bond donors (Lipinski definition) is 1. The predicted octanol–water partition coefficient (Wildman–Crippen LogP) is 3.27. The van der Waals surface area contributed by atoms with Crippen LogP contribution in [0, 0.1) is 0 Å². The molecule has 34 heavy (non-hydrogen) atoms. The molecule has 1 N–H and O–H groups in total. The van der Waals surface area contributed by atoms with Crippen LogP contribution < -0.4 is 23.8 Å². The number of carbonyl (C=O) groups is 1. The Hall–Kier alpha value is -3.72. The van der Waals surface area contributed by atoms with Crippen LogP contribution in [0.1, 0.15) is 5.56 Å². The largest absolute Gasteiger partial charge is 0.495 e. The molecule has 0 radical (unpaired) electrons. The predicted molar refractivity (Wildman–Crippen MR) is 130 cm³/mol. The third kappa shape index (κ3) is 5.79. The van der Waals surface area contributed by atoms with Crippen LogP contribution in [0.3, 0.4) is 0 Å². The Labute approximate surface area is 200 Å². The van der Waals surface area contributed by atoms with Crippen molar-refractivity contribution in [3.63, 3.8) is 0 Å². The highest BCUT2D eigenvalue weighted by Gasteiger charge is 2.29. The maximum Gasteiger partial charge on any atom is 0.264 e. The average molecular weight is 485 g/mol. The lowest BCUT2D eigenvalue weighted by Crippen LogP contribution is -2.41. The van der Waals surface area contributed by atoms with Gasteiger partial charge < -0.3 is 19.5 Å². The molecule has 0 fully saturated rings. The molecule has 0 atom stereocenters. The maximum absolute atomic E-state index is 13.4. The van der Waals surface area contributed by atoms with E-state index in [0.29, 0.717) is 30.2 Å². The van der Waals surface area contributed by atoms with Crippen LogP contribution in [0.15, 0.2) is 77.7 Å². The lowest BCUT2D eigenvalue weighted by atomic mass is 10.1. The van der Waals surface area contributed by atoms with E-state index in [0.717, 1.165) is 9.87 Å². The van der Waals surface area contributed by atoms with Gasteiger partial charge in [0.15, 0.2) is 11.5 Å². The number of carbonyl (C=O) groups excluding carboxylic acids is 1. The molecule has 0 heterocycles. The van der Waals surface area contributed by atoms with Gasteiger partial charge in [-0.15, -0.1) is 0 Å². The van der Waals surface area contributed by atoms with Gasteiger partial charge in [0.25, 0.3) is 10.0 Å². The summed E-state index contributed by atoms with van der Waals surface area (Å²) in [6, 6.07) is 20.2. The minimum absolute atomic E-state index is 0.0824. The Bertz CT molecular complexity index is 1220. The van der Waals surface area contributed by atoms with Crippen LogP contribution >= 0.6 is 0 Å². The molecule has 0 aliphatic rings. The van der Waals surface area contributed by atoms with E-state index in [1.807, 2.05) is 12.1 Å². The lowest BCUT2D eigenvalue weighted by molar-refractivity contribution is -0.119. The first-order chi connectivity index (χ1) is 16.4. The molecule has 0 saturated carbocycles. The topological polar surface area (TPSA) is 94.2 Å². The molecule has 180 valence electrons. The third-order valence-electron chi connectivity index (χ3n) is 5.16. The highest BCUT2D eigenvalue weighted by molar-refractivity contribution is 7.92. The number of hydrogen-bond acceptors (Lipinski definition) is 6. The van der Waals surface area contributed by atoms with Crippen molar-refractivity contribution in [3.8, 4) is 17.2 Å². The second kappa shape index (κ2) is 11.4. The number of methoxy groups -OCH3 is 3. The Morgan fingerprint density at radius 1 is 0.824 bits per heavy atom. The minimum Gasteiger partial charge on any atom is -0.495 e. The molecule has 1 amide bonds. The summed E-state index contributed by atoms with van der Waals surface area (Å²) in [7, 11) is 0.563. The van der Waals surface area contributed by atoms with Crippen molar-refractivity contribution in [1.82, 2.24) is 5.32 Å². The third-order valence-corrected chi connectivity index (χ3v) is 6.93. The first-order valence-electron chi connectivity index (χ1n) is 10.6. The van der Waals surface area contributed by atoms with Crippen molar-refractivity contribution in [2.45, 2.75) is 11.3 Å². The van der Waals surface area contributed by atoms with Crippen LogP contribution in [0.2, 0.25) is 0 Å². The fourth-order valence-corrected chi connectivity index (χ4v) is 4.88. The van der Waals surface area contributed by atoms with E-state index in [2.05, 4.69) is 5.32 Å². The van der Waals surface area contributed by atoms with Crippen LogP contribution in [0.5, 0.6) is 17.2 Å². The number of sulfonamides is 1. The first kappa shape index (κ1) is 24.9. The Balaban J connectivity index is 1.77. The zero-order chi connectivity index (χ0) is 24.6. The number of nitrogens with zero attached hydrogens (tertiary/aromatic N) is 1. The van der Waals surface area contributed by atoms with Gasteiger partial charge >= 0.3 is 0 Å². The molecule has 9 heteroatoms. The highest BCUT2D eigenvalue weighted by Crippen LogP contribution is 2.32. The Kier molecular flexibility index (Phi) is 8.37. The van der Waals surface area contributed by atoms with Crippen LogP contribution in [-0.2, 0) is 21.2 Å². The van der Waals surface area contributed by atoms with Crippen LogP contribution in [-0.4, -0.2) is 48.7 Å². The van der Waals surface area contributed by atoms with E-state index in [-0.39, 0.29) is 10.6 Å². The number of anilines is 1.